The molecule has 0 spiro atoms. The summed E-state index contributed by atoms with van der Waals surface area (Å²) in [5.41, 5.74) is 0.664. The van der Waals surface area contributed by atoms with Crippen LogP contribution in [-0.4, -0.2) is 43.5 Å². The second-order valence-electron chi connectivity index (χ2n) is 4.74. The van der Waals surface area contributed by atoms with Crippen molar-refractivity contribution in [3.63, 3.8) is 0 Å². The van der Waals surface area contributed by atoms with Crippen molar-refractivity contribution in [1.82, 2.24) is 10.2 Å². The predicted octanol–water partition coefficient (Wildman–Crippen LogP) is 2.23. The Labute approximate surface area is 123 Å². The molecule has 4 nitrogen and oxygen atoms in total. The first-order valence-electron chi connectivity index (χ1n) is 6.22. The summed E-state index contributed by atoms with van der Waals surface area (Å²) in [6.45, 7) is 2.33. The average Bonchev–Trinajstić information content (AvgIpc) is 2.87. The van der Waals surface area contributed by atoms with Crippen molar-refractivity contribution in [2.45, 2.75) is 12.5 Å². The highest BCUT2D eigenvalue weighted by molar-refractivity contribution is 6.42. The fourth-order valence-electron chi connectivity index (χ4n) is 2.15. The first kappa shape index (κ1) is 14.6. The lowest BCUT2D eigenvalue weighted by Crippen LogP contribution is -2.39. The Morgan fingerprint density at radius 2 is 2.26 bits per heavy atom. The van der Waals surface area contributed by atoms with Crippen LogP contribution in [0.5, 0.6) is 0 Å². The minimum absolute atomic E-state index is 0.0483. The molecule has 1 aliphatic heterocycles. The van der Waals surface area contributed by atoms with Gasteiger partial charge in [0.2, 0.25) is 5.91 Å². The maximum atomic E-state index is 11.9. The van der Waals surface area contributed by atoms with Crippen molar-refractivity contribution in [3.05, 3.63) is 28.2 Å². The molecule has 0 radical (unpaired) electrons. The number of rotatable bonds is 4. The van der Waals surface area contributed by atoms with Crippen LogP contribution in [0.1, 0.15) is 6.42 Å². The molecule has 0 aliphatic carbocycles. The fraction of sp³-hybridized carbons (Fsp3) is 0.462. The number of carbonyl (C=O) groups excluding carboxylic acids is 1. The lowest BCUT2D eigenvalue weighted by atomic mass is 10.2. The zero-order chi connectivity index (χ0) is 13.8. The van der Waals surface area contributed by atoms with Gasteiger partial charge in [-0.3, -0.25) is 9.69 Å². The number of anilines is 1. The summed E-state index contributed by atoms with van der Waals surface area (Å²) in [6, 6.07) is 5.49. The Morgan fingerprint density at radius 1 is 1.47 bits per heavy atom. The first-order chi connectivity index (χ1) is 9.06. The van der Waals surface area contributed by atoms with Crippen LogP contribution in [0, 0.1) is 0 Å². The summed E-state index contributed by atoms with van der Waals surface area (Å²) < 4.78 is 0. The highest BCUT2D eigenvalue weighted by atomic mass is 35.5. The molecule has 2 N–H and O–H groups in total. The van der Waals surface area contributed by atoms with E-state index in [1.54, 1.807) is 18.2 Å². The monoisotopic (exact) mass is 301 g/mol. The highest BCUT2D eigenvalue weighted by Gasteiger charge is 2.20. The highest BCUT2D eigenvalue weighted by Crippen LogP contribution is 2.24. The smallest absolute Gasteiger partial charge is 0.238 e. The maximum absolute atomic E-state index is 11.9. The van der Waals surface area contributed by atoms with Crippen molar-refractivity contribution in [1.29, 1.82) is 0 Å². The largest absolute Gasteiger partial charge is 0.325 e. The number of nitrogens with one attached hydrogen (secondary N) is 2. The molecule has 1 fully saturated rings. The molecule has 1 saturated heterocycles. The molecule has 19 heavy (non-hydrogen) atoms. The molecule has 0 aromatic heterocycles. The molecule has 2 rings (SSSR count). The molecular formula is C13H17Cl2N3O. The number of benzene rings is 1. The summed E-state index contributed by atoms with van der Waals surface area (Å²) in [5, 5.41) is 7.02. The van der Waals surface area contributed by atoms with Gasteiger partial charge in [0.15, 0.2) is 0 Å². The van der Waals surface area contributed by atoms with Gasteiger partial charge in [-0.15, -0.1) is 0 Å². The van der Waals surface area contributed by atoms with Gasteiger partial charge in [-0.2, -0.15) is 0 Å². The third-order valence-electron chi connectivity index (χ3n) is 3.25. The van der Waals surface area contributed by atoms with Gasteiger partial charge in [-0.1, -0.05) is 23.2 Å². The van der Waals surface area contributed by atoms with Crippen LogP contribution in [0.25, 0.3) is 0 Å². The van der Waals surface area contributed by atoms with Crippen molar-refractivity contribution >= 4 is 34.8 Å². The van der Waals surface area contributed by atoms with Gasteiger partial charge in [0, 0.05) is 18.3 Å². The van der Waals surface area contributed by atoms with Gasteiger partial charge >= 0.3 is 0 Å². The van der Waals surface area contributed by atoms with E-state index in [2.05, 4.69) is 15.5 Å². The van der Waals surface area contributed by atoms with Crippen LogP contribution < -0.4 is 10.6 Å². The minimum atomic E-state index is -0.0483. The second kappa shape index (κ2) is 6.57. The van der Waals surface area contributed by atoms with Gasteiger partial charge in [0.25, 0.3) is 0 Å². The van der Waals surface area contributed by atoms with Crippen LogP contribution in [0.4, 0.5) is 5.69 Å². The van der Waals surface area contributed by atoms with Gasteiger partial charge in [0.1, 0.15) is 0 Å². The number of likely N-dealkylation sites (N-methyl/N-ethyl adjacent to an activating group) is 1. The van der Waals surface area contributed by atoms with Crippen molar-refractivity contribution in [2.75, 3.05) is 32.0 Å². The van der Waals surface area contributed by atoms with Gasteiger partial charge < -0.3 is 10.6 Å². The summed E-state index contributed by atoms with van der Waals surface area (Å²) in [6.07, 6.45) is 1.08. The number of carbonyl (C=O) groups is 1. The van der Waals surface area contributed by atoms with Gasteiger partial charge in [-0.05, 0) is 38.2 Å². The topological polar surface area (TPSA) is 44.4 Å². The van der Waals surface area contributed by atoms with Gasteiger partial charge in [-0.25, -0.2) is 0 Å². The number of hydrogen-bond donors (Lipinski definition) is 2. The Bertz CT molecular complexity index is 461. The van der Waals surface area contributed by atoms with E-state index in [-0.39, 0.29) is 5.91 Å². The Balaban J connectivity index is 1.88. The average molecular weight is 302 g/mol. The molecule has 104 valence electrons. The fourth-order valence-corrected chi connectivity index (χ4v) is 2.44. The van der Waals surface area contributed by atoms with E-state index >= 15 is 0 Å². The molecule has 1 aromatic rings. The quantitative estimate of drug-likeness (QED) is 0.896. The molecule has 1 unspecified atom stereocenters. The zero-order valence-electron chi connectivity index (χ0n) is 10.7. The SMILES string of the molecule is CN(CC(=O)Nc1ccc(Cl)c(Cl)c1)C1CCNC1. The number of hydrogen-bond acceptors (Lipinski definition) is 3. The molecule has 0 bridgehead atoms. The zero-order valence-corrected chi connectivity index (χ0v) is 12.3. The second-order valence-corrected chi connectivity index (χ2v) is 5.55. The number of nitrogens with zero attached hydrogens (tertiary/aromatic N) is 1. The van der Waals surface area contributed by atoms with Crippen LogP contribution >= 0.6 is 23.2 Å². The van der Waals surface area contributed by atoms with E-state index < -0.39 is 0 Å². The lowest BCUT2D eigenvalue weighted by molar-refractivity contribution is -0.117. The number of amides is 1. The van der Waals surface area contributed by atoms with E-state index in [0.29, 0.717) is 28.3 Å². The molecule has 0 saturated carbocycles. The summed E-state index contributed by atoms with van der Waals surface area (Å²) in [5.74, 6) is -0.0483. The van der Waals surface area contributed by atoms with E-state index in [9.17, 15) is 4.79 Å². The minimum Gasteiger partial charge on any atom is -0.325 e. The van der Waals surface area contributed by atoms with Crippen molar-refractivity contribution < 1.29 is 4.79 Å². The van der Waals surface area contributed by atoms with Gasteiger partial charge in [0.05, 0.1) is 16.6 Å². The standard InChI is InChI=1S/C13H17Cl2N3O/c1-18(10-4-5-16-7-10)8-13(19)17-9-2-3-11(14)12(15)6-9/h2-3,6,10,16H,4-5,7-8H2,1H3,(H,17,19). The van der Waals surface area contributed by atoms with E-state index in [1.165, 1.54) is 0 Å². The predicted molar refractivity (Wildman–Crippen MR) is 79.0 cm³/mol. The molecule has 1 aliphatic rings. The Kier molecular flexibility index (Phi) is 5.05. The van der Waals surface area contributed by atoms with Crippen LogP contribution in [0.3, 0.4) is 0 Å². The first-order valence-corrected chi connectivity index (χ1v) is 6.97. The van der Waals surface area contributed by atoms with Crippen LogP contribution in [0.15, 0.2) is 18.2 Å². The lowest BCUT2D eigenvalue weighted by Gasteiger charge is -2.22. The molecule has 1 heterocycles. The third-order valence-corrected chi connectivity index (χ3v) is 3.99. The molecule has 1 aromatic carbocycles. The van der Waals surface area contributed by atoms with Crippen LogP contribution in [-0.2, 0) is 4.79 Å². The summed E-state index contributed by atoms with van der Waals surface area (Å²) in [7, 11) is 1.96. The molecule has 1 atom stereocenters. The van der Waals surface area contributed by atoms with E-state index in [1.807, 2.05) is 7.05 Å². The maximum Gasteiger partial charge on any atom is 0.238 e. The third kappa shape index (κ3) is 4.08. The van der Waals surface area contributed by atoms with E-state index in [4.69, 9.17) is 23.2 Å². The van der Waals surface area contributed by atoms with E-state index in [0.717, 1.165) is 19.5 Å². The summed E-state index contributed by atoms with van der Waals surface area (Å²) >= 11 is 11.7. The molecule has 6 heteroatoms. The van der Waals surface area contributed by atoms with Crippen molar-refractivity contribution in [3.8, 4) is 0 Å². The molecule has 1 amide bonds. The van der Waals surface area contributed by atoms with Crippen molar-refractivity contribution in [2.24, 2.45) is 0 Å². The van der Waals surface area contributed by atoms with Crippen LogP contribution in [0.2, 0.25) is 10.0 Å². The Morgan fingerprint density at radius 3 is 2.89 bits per heavy atom. The summed E-state index contributed by atoms with van der Waals surface area (Å²) in [4.78, 5) is 14.0. The normalized spacial score (nSPS) is 18.8. The number of halogens is 2. The Hall–Kier alpha value is -0.810. The molecular weight excluding hydrogens is 285 g/mol.